The van der Waals surface area contributed by atoms with E-state index in [1.54, 1.807) is 0 Å². The Kier molecular flexibility index (Phi) is 6.67. The van der Waals surface area contributed by atoms with Crippen molar-refractivity contribution in [3.63, 3.8) is 0 Å². The maximum absolute atomic E-state index is 5.61. The van der Waals surface area contributed by atoms with Crippen LogP contribution in [0, 0.1) is 11.8 Å². The number of halogens is 2. The van der Waals surface area contributed by atoms with Gasteiger partial charge in [-0.25, -0.2) is 0 Å². The van der Waals surface area contributed by atoms with Crippen LogP contribution < -0.4 is 0 Å². The summed E-state index contributed by atoms with van der Waals surface area (Å²) < 4.78 is 0. The predicted molar refractivity (Wildman–Crippen MR) is 49.0 cm³/mol. The fourth-order valence-electron chi connectivity index (χ4n) is 0.913. The molecule has 0 aromatic carbocycles. The molecule has 0 amide bonds. The third-order valence-electron chi connectivity index (χ3n) is 2.10. The second-order valence-electron chi connectivity index (χ2n) is 2.91. The van der Waals surface area contributed by atoms with Crippen molar-refractivity contribution in [2.75, 3.05) is 11.8 Å². The van der Waals surface area contributed by atoms with E-state index in [-0.39, 0.29) is 0 Å². The molecule has 0 N–H and O–H groups in total. The van der Waals surface area contributed by atoms with Crippen molar-refractivity contribution in [3.8, 4) is 0 Å². The topological polar surface area (TPSA) is 0 Å². The Morgan fingerprint density at radius 1 is 0.900 bits per heavy atom. The molecule has 0 aromatic heterocycles. The van der Waals surface area contributed by atoms with E-state index in [0.717, 1.165) is 36.4 Å². The molecule has 0 nitrogen and oxygen atoms in total. The van der Waals surface area contributed by atoms with Gasteiger partial charge in [-0.3, -0.25) is 0 Å². The van der Waals surface area contributed by atoms with Crippen molar-refractivity contribution in [2.45, 2.75) is 26.7 Å². The van der Waals surface area contributed by atoms with Gasteiger partial charge in [0.15, 0.2) is 0 Å². The molecular formula is C8H16Cl2. The summed E-state index contributed by atoms with van der Waals surface area (Å²) in [5.41, 5.74) is 0. The summed E-state index contributed by atoms with van der Waals surface area (Å²) in [6, 6.07) is 0. The third-order valence-corrected chi connectivity index (χ3v) is 2.54. The standard InChI is InChI=1S/C8H16Cl2/c1-7(3-5-9)8(2)4-6-10/h7-8H,3-6H2,1-2H3. The molecule has 0 fully saturated rings. The summed E-state index contributed by atoms with van der Waals surface area (Å²) in [5, 5.41) is 0. The van der Waals surface area contributed by atoms with Crippen molar-refractivity contribution in [1.29, 1.82) is 0 Å². The Balaban J connectivity index is 3.38. The molecule has 0 saturated heterocycles. The normalized spacial score (nSPS) is 16.8. The van der Waals surface area contributed by atoms with Gasteiger partial charge >= 0.3 is 0 Å². The van der Waals surface area contributed by atoms with E-state index in [1.807, 2.05) is 0 Å². The van der Waals surface area contributed by atoms with Gasteiger partial charge in [-0.2, -0.15) is 0 Å². The molecule has 0 spiro atoms. The van der Waals surface area contributed by atoms with E-state index in [9.17, 15) is 0 Å². The minimum atomic E-state index is 0.719. The third kappa shape index (κ3) is 4.40. The molecular weight excluding hydrogens is 167 g/mol. The molecule has 2 heteroatoms. The molecule has 0 bridgehead atoms. The first kappa shape index (κ1) is 10.6. The lowest BCUT2D eigenvalue weighted by Crippen LogP contribution is -2.08. The molecule has 0 radical (unpaired) electrons. The van der Waals surface area contributed by atoms with E-state index in [1.165, 1.54) is 0 Å². The summed E-state index contributed by atoms with van der Waals surface area (Å²) in [4.78, 5) is 0. The summed E-state index contributed by atoms with van der Waals surface area (Å²) in [7, 11) is 0. The van der Waals surface area contributed by atoms with E-state index < -0.39 is 0 Å². The van der Waals surface area contributed by atoms with Crippen molar-refractivity contribution < 1.29 is 0 Å². The Labute approximate surface area is 73.9 Å². The van der Waals surface area contributed by atoms with E-state index in [4.69, 9.17) is 23.2 Å². The zero-order valence-corrected chi connectivity index (χ0v) is 8.25. The summed E-state index contributed by atoms with van der Waals surface area (Å²) in [6.07, 6.45) is 2.22. The van der Waals surface area contributed by atoms with Gasteiger partial charge in [0.2, 0.25) is 0 Å². The largest absolute Gasteiger partial charge is 0.127 e. The lowest BCUT2D eigenvalue weighted by Gasteiger charge is -2.16. The van der Waals surface area contributed by atoms with Crippen molar-refractivity contribution in [1.82, 2.24) is 0 Å². The second-order valence-corrected chi connectivity index (χ2v) is 3.67. The Morgan fingerprint density at radius 3 is 1.40 bits per heavy atom. The Morgan fingerprint density at radius 2 is 1.20 bits per heavy atom. The van der Waals surface area contributed by atoms with Gasteiger partial charge in [-0.05, 0) is 24.7 Å². The predicted octanol–water partition coefficient (Wildman–Crippen LogP) is 3.52. The number of alkyl halides is 2. The minimum Gasteiger partial charge on any atom is -0.127 e. The van der Waals surface area contributed by atoms with Gasteiger partial charge in [0.25, 0.3) is 0 Å². The highest BCUT2D eigenvalue weighted by atomic mass is 35.5. The molecule has 0 aromatic rings. The lowest BCUT2D eigenvalue weighted by molar-refractivity contribution is 0.370. The fourth-order valence-corrected chi connectivity index (χ4v) is 1.60. The average Bonchev–Trinajstić information content (AvgIpc) is 1.89. The van der Waals surface area contributed by atoms with Gasteiger partial charge in [-0.1, -0.05) is 13.8 Å². The number of rotatable bonds is 5. The van der Waals surface area contributed by atoms with Crippen LogP contribution in [-0.4, -0.2) is 11.8 Å². The van der Waals surface area contributed by atoms with Crippen LogP contribution in [0.25, 0.3) is 0 Å². The Bertz CT molecular complexity index is 63.7. The first-order valence-corrected chi connectivity index (χ1v) is 4.91. The van der Waals surface area contributed by atoms with E-state index >= 15 is 0 Å². The van der Waals surface area contributed by atoms with Crippen LogP contribution in [0.15, 0.2) is 0 Å². The van der Waals surface area contributed by atoms with Gasteiger partial charge in [0.05, 0.1) is 0 Å². The molecule has 0 aliphatic heterocycles. The molecule has 10 heavy (non-hydrogen) atoms. The maximum atomic E-state index is 5.61. The van der Waals surface area contributed by atoms with Crippen LogP contribution in [0.3, 0.4) is 0 Å². The van der Waals surface area contributed by atoms with Gasteiger partial charge < -0.3 is 0 Å². The van der Waals surface area contributed by atoms with Gasteiger partial charge in [0.1, 0.15) is 0 Å². The molecule has 62 valence electrons. The average molecular weight is 183 g/mol. The maximum Gasteiger partial charge on any atom is 0.0226 e. The van der Waals surface area contributed by atoms with Crippen LogP contribution in [0.2, 0.25) is 0 Å². The SMILES string of the molecule is CC(CCCl)C(C)CCCl. The number of hydrogen-bond donors (Lipinski definition) is 0. The second kappa shape index (κ2) is 6.30. The fraction of sp³-hybridized carbons (Fsp3) is 1.00. The molecule has 0 aliphatic rings. The van der Waals surface area contributed by atoms with E-state index in [2.05, 4.69) is 13.8 Å². The molecule has 0 heterocycles. The van der Waals surface area contributed by atoms with Crippen LogP contribution >= 0.6 is 23.2 Å². The smallest absolute Gasteiger partial charge is 0.0226 e. The monoisotopic (exact) mass is 182 g/mol. The minimum absolute atomic E-state index is 0.719. The zero-order valence-electron chi connectivity index (χ0n) is 6.74. The van der Waals surface area contributed by atoms with Gasteiger partial charge in [0, 0.05) is 11.8 Å². The van der Waals surface area contributed by atoms with Crippen LogP contribution in [0.1, 0.15) is 26.7 Å². The Hall–Kier alpha value is 0.580. The van der Waals surface area contributed by atoms with Crippen LogP contribution in [-0.2, 0) is 0 Å². The highest BCUT2D eigenvalue weighted by molar-refractivity contribution is 6.18. The molecule has 0 saturated carbocycles. The molecule has 0 rings (SSSR count). The van der Waals surface area contributed by atoms with Crippen molar-refractivity contribution >= 4 is 23.2 Å². The van der Waals surface area contributed by atoms with Crippen LogP contribution in [0.5, 0.6) is 0 Å². The molecule has 2 unspecified atom stereocenters. The molecule has 0 aliphatic carbocycles. The van der Waals surface area contributed by atoms with Crippen molar-refractivity contribution in [3.05, 3.63) is 0 Å². The van der Waals surface area contributed by atoms with Crippen molar-refractivity contribution in [2.24, 2.45) is 11.8 Å². The van der Waals surface area contributed by atoms with E-state index in [0.29, 0.717) is 0 Å². The highest BCUT2D eigenvalue weighted by Crippen LogP contribution is 2.19. The zero-order chi connectivity index (χ0) is 7.98. The summed E-state index contributed by atoms with van der Waals surface area (Å²) in [5.74, 6) is 2.98. The summed E-state index contributed by atoms with van der Waals surface area (Å²) in [6.45, 7) is 4.47. The number of hydrogen-bond acceptors (Lipinski definition) is 0. The summed E-state index contributed by atoms with van der Waals surface area (Å²) >= 11 is 11.2. The lowest BCUT2D eigenvalue weighted by atomic mass is 9.91. The first-order valence-electron chi connectivity index (χ1n) is 3.84. The highest BCUT2D eigenvalue weighted by Gasteiger charge is 2.09. The van der Waals surface area contributed by atoms with Crippen LogP contribution in [0.4, 0.5) is 0 Å². The molecule has 2 atom stereocenters. The van der Waals surface area contributed by atoms with Gasteiger partial charge in [-0.15, -0.1) is 23.2 Å². The quantitative estimate of drug-likeness (QED) is 0.572. The first-order chi connectivity index (χ1) is 4.72.